The molecule has 0 saturated carbocycles. The summed E-state index contributed by atoms with van der Waals surface area (Å²) in [5, 5.41) is 3.69. The van der Waals surface area contributed by atoms with Crippen LogP contribution >= 0.6 is 11.3 Å². The smallest absolute Gasteiger partial charge is 0.748 e. The van der Waals surface area contributed by atoms with Crippen molar-refractivity contribution in [3.05, 3.63) is 10.8 Å². The van der Waals surface area contributed by atoms with Gasteiger partial charge in [-0.1, -0.05) is 0 Å². The number of ether oxygens (including phenoxy) is 2. The molecule has 1 aromatic rings. The number of thiophene rings is 1. The third-order valence-corrected chi connectivity index (χ3v) is 3.72. The van der Waals surface area contributed by atoms with Crippen LogP contribution in [-0.2, 0) is 10.1 Å². The van der Waals surface area contributed by atoms with Crippen molar-refractivity contribution in [2.75, 3.05) is 12.4 Å². The van der Waals surface area contributed by atoms with E-state index in [1.807, 2.05) is 10.8 Å². The molecule has 0 saturated heterocycles. The van der Waals surface area contributed by atoms with Crippen LogP contribution in [0.1, 0.15) is 12.8 Å². The molecule has 1 unspecified atom stereocenters. The summed E-state index contributed by atoms with van der Waals surface area (Å²) < 4.78 is 42.2. The van der Waals surface area contributed by atoms with Crippen molar-refractivity contribution in [1.82, 2.24) is 0 Å². The van der Waals surface area contributed by atoms with Crippen LogP contribution in [0.5, 0.6) is 11.5 Å². The molecule has 1 atom stereocenters. The van der Waals surface area contributed by atoms with Crippen LogP contribution in [-0.4, -0.2) is 31.4 Å². The molecule has 17 heavy (non-hydrogen) atoms. The average Bonchev–Trinajstić information content (AvgIpc) is 2.62. The molecule has 1 aliphatic heterocycles. The van der Waals surface area contributed by atoms with E-state index in [1.54, 1.807) is 0 Å². The zero-order valence-electron chi connectivity index (χ0n) is 9.42. The van der Waals surface area contributed by atoms with E-state index in [-0.39, 0.29) is 41.4 Å². The third-order valence-electron chi connectivity index (χ3n) is 2.23. The molecular formula is C9H11NaO5S2. The van der Waals surface area contributed by atoms with Gasteiger partial charge < -0.3 is 14.0 Å². The van der Waals surface area contributed by atoms with Crippen LogP contribution < -0.4 is 39.0 Å². The first kappa shape index (κ1) is 15.3. The van der Waals surface area contributed by atoms with Crippen LogP contribution in [0.15, 0.2) is 10.8 Å². The second-order valence-corrected chi connectivity index (χ2v) is 5.82. The maximum Gasteiger partial charge on any atom is 1.00 e. The van der Waals surface area contributed by atoms with Gasteiger partial charge in [0.15, 0.2) is 11.5 Å². The summed E-state index contributed by atoms with van der Waals surface area (Å²) >= 11 is 1.49. The van der Waals surface area contributed by atoms with Crippen molar-refractivity contribution in [2.24, 2.45) is 0 Å². The second kappa shape index (κ2) is 6.40. The predicted octanol–water partition coefficient (Wildman–Crippen LogP) is -1.78. The van der Waals surface area contributed by atoms with Crippen molar-refractivity contribution < 1.29 is 52.0 Å². The molecular weight excluding hydrogens is 275 g/mol. The molecule has 0 radical (unpaired) electrons. The summed E-state index contributed by atoms with van der Waals surface area (Å²) in [4.78, 5) is 0. The molecule has 8 heteroatoms. The Hall–Kier alpha value is 0.210. The van der Waals surface area contributed by atoms with Crippen LogP contribution in [0.4, 0.5) is 0 Å². The summed E-state index contributed by atoms with van der Waals surface area (Å²) in [6.45, 7) is 0.405. The monoisotopic (exact) mass is 286 g/mol. The van der Waals surface area contributed by atoms with E-state index in [2.05, 4.69) is 0 Å². The normalized spacial score (nSPS) is 18.5. The van der Waals surface area contributed by atoms with E-state index in [1.165, 1.54) is 11.3 Å². The Labute approximate surface area is 126 Å². The maximum atomic E-state index is 10.4. The summed E-state index contributed by atoms with van der Waals surface area (Å²) in [6, 6.07) is 0. The SMILES string of the molecule is O=S(=O)([O-])CCCC1COc2cscc2O1.[Na+]. The summed E-state index contributed by atoms with van der Waals surface area (Å²) in [7, 11) is -4.12. The predicted molar refractivity (Wildman–Crippen MR) is 58.0 cm³/mol. The van der Waals surface area contributed by atoms with E-state index >= 15 is 0 Å². The summed E-state index contributed by atoms with van der Waals surface area (Å²) in [5.41, 5.74) is 0. The molecule has 2 rings (SSSR count). The molecule has 0 amide bonds. The van der Waals surface area contributed by atoms with E-state index in [4.69, 9.17) is 9.47 Å². The Morgan fingerprint density at radius 1 is 1.41 bits per heavy atom. The first-order valence-electron chi connectivity index (χ1n) is 4.84. The number of fused-ring (bicyclic) bond motifs is 1. The first-order chi connectivity index (χ1) is 7.54. The van der Waals surface area contributed by atoms with Crippen molar-refractivity contribution >= 4 is 21.5 Å². The van der Waals surface area contributed by atoms with Crippen LogP contribution in [0, 0.1) is 0 Å². The molecule has 90 valence electrons. The van der Waals surface area contributed by atoms with Gasteiger partial charge in [0.25, 0.3) is 0 Å². The molecule has 0 aliphatic carbocycles. The fraction of sp³-hybridized carbons (Fsp3) is 0.556. The fourth-order valence-corrected chi connectivity index (χ4v) is 2.68. The Bertz CT molecular complexity index is 456. The van der Waals surface area contributed by atoms with E-state index < -0.39 is 10.1 Å². The Balaban J connectivity index is 0.00000144. The van der Waals surface area contributed by atoms with Gasteiger partial charge >= 0.3 is 29.6 Å². The minimum absolute atomic E-state index is 0. The maximum absolute atomic E-state index is 10.4. The van der Waals surface area contributed by atoms with Crippen molar-refractivity contribution in [2.45, 2.75) is 18.9 Å². The van der Waals surface area contributed by atoms with Crippen molar-refractivity contribution in [3.63, 3.8) is 0 Å². The minimum Gasteiger partial charge on any atom is -0.748 e. The number of hydrogen-bond acceptors (Lipinski definition) is 6. The standard InChI is InChI=1S/C9H12O5S2.Na/c10-16(11,12)3-1-2-7-4-13-8-5-15-6-9(8)14-7;/h5-7H,1-4H2,(H,10,11,12);/q;+1/p-1. The largest absolute Gasteiger partial charge is 1.00 e. The topological polar surface area (TPSA) is 75.7 Å². The minimum atomic E-state index is -4.12. The third kappa shape index (κ3) is 4.76. The van der Waals surface area contributed by atoms with Crippen molar-refractivity contribution in [3.8, 4) is 11.5 Å². The van der Waals surface area contributed by atoms with E-state index in [0.717, 1.165) is 5.75 Å². The van der Waals surface area contributed by atoms with E-state index in [9.17, 15) is 13.0 Å². The molecule has 1 aliphatic rings. The fourth-order valence-electron chi connectivity index (χ4n) is 1.49. The van der Waals surface area contributed by atoms with Gasteiger partial charge in [0.05, 0.1) is 10.1 Å². The summed E-state index contributed by atoms with van der Waals surface area (Å²) in [5.74, 6) is 1.09. The van der Waals surface area contributed by atoms with Gasteiger partial charge in [-0.05, 0) is 12.8 Å². The molecule has 0 N–H and O–H groups in total. The van der Waals surface area contributed by atoms with Gasteiger partial charge in [-0.15, -0.1) is 11.3 Å². The van der Waals surface area contributed by atoms with Gasteiger partial charge in [-0.2, -0.15) is 0 Å². The molecule has 2 heterocycles. The molecule has 0 bridgehead atoms. The van der Waals surface area contributed by atoms with Gasteiger partial charge in [0.2, 0.25) is 0 Å². The van der Waals surface area contributed by atoms with Gasteiger partial charge in [-0.25, -0.2) is 8.42 Å². The van der Waals surface area contributed by atoms with Gasteiger partial charge in [-0.3, -0.25) is 0 Å². The molecule has 0 spiro atoms. The average molecular weight is 286 g/mol. The Kier molecular flexibility index (Phi) is 5.75. The molecule has 5 nitrogen and oxygen atoms in total. The first-order valence-corrected chi connectivity index (χ1v) is 7.36. The zero-order chi connectivity index (χ0) is 11.6. The molecule has 1 aromatic heterocycles. The van der Waals surface area contributed by atoms with Gasteiger partial charge in [0, 0.05) is 16.5 Å². The van der Waals surface area contributed by atoms with E-state index in [0.29, 0.717) is 25.2 Å². The van der Waals surface area contributed by atoms with Crippen LogP contribution in [0.3, 0.4) is 0 Å². The zero-order valence-corrected chi connectivity index (χ0v) is 13.1. The Morgan fingerprint density at radius 3 is 2.82 bits per heavy atom. The van der Waals surface area contributed by atoms with Gasteiger partial charge in [0.1, 0.15) is 12.7 Å². The second-order valence-electron chi connectivity index (χ2n) is 3.56. The Morgan fingerprint density at radius 2 is 2.12 bits per heavy atom. The van der Waals surface area contributed by atoms with Crippen LogP contribution in [0.25, 0.3) is 0 Å². The van der Waals surface area contributed by atoms with Crippen molar-refractivity contribution in [1.29, 1.82) is 0 Å². The summed E-state index contributed by atoms with van der Waals surface area (Å²) in [6.07, 6.45) is 0.652. The molecule has 0 aromatic carbocycles. The molecule has 0 fully saturated rings. The number of rotatable bonds is 4. The van der Waals surface area contributed by atoms with Crippen LogP contribution in [0.2, 0.25) is 0 Å². The quantitative estimate of drug-likeness (QED) is 0.483. The number of hydrogen-bond donors (Lipinski definition) is 0.